The molecule has 0 spiro atoms. The third-order valence-corrected chi connectivity index (χ3v) is 27.6. The number of carbonyl (C=O) groups excluding carboxylic acids is 8. The van der Waals surface area contributed by atoms with Crippen LogP contribution in [-0.4, -0.2) is 236 Å². The smallest absolute Gasteiger partial charge is 0.408 e. The summed E-state index contributed by atoms with van der Waals surface area (Å²) >= 11 is 0. The largest absolute Gasteiger partial charge is 0.456 e. The Balaban J connectivity index is 0.000000201. The Bertz CT molecular complexity index is 4730. The van der Waals surface area contributed by atoms with Crippen LogP contribution in [0.5, 0.6) is 0 Å². The lowest BCUT2D eigenvalue weighted by atomic mass is 9.45. The Labute approximate surface area is 715 Å². The average molecular weight is 1710 g/mol. The molecule has 4 bridgehead atoms. The van der Waals surface area contributed by atoms with Gasteiger partial charge in [0, 0.05) is 67.3 Å². The molecule has 5 aliphatic heterocycles. The van der Waals surface area contributed by atoms with Crippen LogP contribution in [0.4, 0.5) is 9.59 Å². The fourth-order valence-corrected chi connectivity index (χ4v) is 21.6. The molecule has 2 amide bonds. The van der Waals surface area contributed by atoms with Crippen molar-refractivity contribution < 1.29 is 125 Å². The molecule has 9 fully saturated rings. The van der Waals surface area contributed by atoms with E-state index in [0.717, 1.165) is 19.5 Å². The number of hydrogen-bond donors (Lipinski definition) is 6. The molecule has 2 aromatic heterocycles. The topological polar surface area (TPSA) is 400 Å². The van der Waals surface area contributed by atoms with E-state index in [2.05, 4.69) is 32.1 Å². The van der Waals surface area contributed by atoms with Crippen LogP contribution in [0.2, 0.25) is 0 Å². The first-order valence-corrected chi connectivity index (χ1v) is 42.4. The van der Waals surface area contributed by atoms with Crippen LogP contribution in [0, 0.1) is 33.5 Å². The first-order valence-electron chi connectivity index (χ1n) is 42.4. The van der Waals surface area contributed by atoms with Crippen LogP contribution in [0.15, 0.2) is 144 Å². The quantitative estimate of drug-likeness (QED) is 0.0289. The summed E-state index contributed by atoms with van der Waals surface area (Å²) in [4.78, 5) is 121. The minimum Gasteiger partial charge on any atom is -0.456 e. The molecule has 2 aromatic carbocycles. The number of aliphatic hydroxyl groups is 4. The molecule has 6 N–H and O–H groups in total. The number of pyridine rings is 2. The number of benzene rings is 2. The van der Waals surface area contributed by atoms with E-state index in [-0.39, 0.29) is 48.6 Å². The second kappa shape index (κ2) is 33.7. The molecule has 4 saturated carbocycles. The van der Waals surface area contributed by atoms with Gasteiger partial charge >= 0.3 is 48.0 Å². The van der Waals surface area contributed by atoms with Crippen molar-refractivity contribution in [3.05, 3.63) is 167 Å². The van der Waals surface area contributed by atoms with Gasteiger partial charge in [-0.05, 0) is 177 Å². The van der Waals surface area contributed by atoms with Crippen molar-refractivity contribution in [2.24, 2.45) is 33.5 Å². The molecule has 0 unspecified atom stereocenters. The number of nitrogens with one attached hydrogen (secondary N) is 2. The Hall–Kier alpha value is -9.12. The molecule has 7 heterocycles. The maximum atomic E-state index is 14.5. The minimum atomic E-state index is -2.07. The number of carbonyl (C=O) groups is 8. The van der Waals surface area contributed by atoms with Crippen molar-refractivity contribution in [3.63, 3.8) is 0 Å². The van der Waals surface area contributed by atoms with E-state index in [4.69, 9.17) is 66.3 Å². The second-order valence-corrected chi connectivity index (χ2v) is 38.2. The summed E-state index contributed by atoms with van der Waals surface area (Å²) in [5.74, 6) is -6.73. The Morgan fingerprint density at radius 1 is 0.561 bits per heavy atom. The lowest BCUT2D eigenvalue weighted by Crippen LogP contribution is -2.79. The summed E-state index contributed by atoms with van der Waals surface area (Å²) in [6.07, 6.45) is -10.3. The normalized spacial score (nSPS) is 35.2. The van der Waals surface area contributed by atoms with Crippen LogP contribution < -0.4 is 10.6 Å². The van der Waals surface area contributed by atoms with Crippen molar-refractivity contribution in [1.82, 2.24) is 25.5 Å². The molecule has 5 saturated heterocycles. The summed E-state index contributed by atoms with van der Waals surface area (Å²) in [7, 11) is 0. The molecular formula is C92H117N5O26. The summed E-state index contributed by atoms with van der Waals surface area (Å²) in [6, 6.07) is 23.7. The molecule has 666 valence electrons. The Kier molecular flexibility index (Phi) is 24.7. The highest BCUT2D eigenvalue weighted by molar-refractivity contribution is 5.90. The van der Waals surface area contributed by atoms with Gasteiger partial charge in [0.1, 0.15) is 83.3 Å². The minimum absolute atomic E-state index is 0.0191. The molecule has 24 atom stereocenters. The number of alkyl carbamates (subject to hydrolysis) is 2. The summed E-state index contributed by atoms with van der Waals surface area (Å²) in [5, 5.41) is 56.3. The van der Waals surface area contributed by atoms with Crippen LogP contribution in [-0.2, 0) is 85.5 Å². The Morgan fingerprint density at radius 3 is 1.31 bits per heavy atom. The monoisotopic (exact) mass is 1710 g/mol. The number of hydrogen-bond acceptors (Lipinski definition) is 29. The maximum Gasteiger partial charge on any atom is 0.408 e. The van der Waals surface area contributed by atoms with Crippen molar-refractivity contribution in [2.75, 3.05) is 32.8 Å². The van der Waals surface area contributed by atoms with Crippen LogP contribution in [0.1, 0.15) is 200 Å². The number of ether oxygens (including phenoxy) is 14. The molecule has 31 heteroatoms. The molecule has 6 aliphatic carbocycles. The summed E-state index contributed by atoms with van der Waals surface area (Å²) in [5.41, 5.74) is -10.1. The van der Waals surface area contributed by atoms with Gasteiger partial charge in [-0.2, -0.15) is 0 Å². The number of esters is 6. The van der Waals surface area contributed by atoms with E-state index < -0.39 is 213 Å². The number of likely N-dealkylation sites (tertiary alicyclic amines) is 1. The van der Waals surface area contributed by atoms with Gasteiger partial charge in [0.2, 0.25) is 0 Å². The number of fused-ring (bicyclic) bond motifs is 16. The highest BCUT2D eigenvalue weighted by Gasteiger charge is 2.80. The first kappa shape index (κ1) is 90.1. The van der Waals surface area contributed by atoms with Gasteiger partial charge in [-0.25, -0.2) is 28.8 Å². The van der Waals surface area contributed by atoms with Crippen molar-refractivity contribution in [1.29, 1.82) is 0 Å². The van der Waals surface area contributed by atoms with E-state index in [1.807, 2.05) is 48.5 Å². The number of rotatable bonds is 19. The number of aliphatic hydroxyl groups excluding tert-OH is 2. The van der Waals surface area contributed by atoms with Crippen LogP contribution in [0.25, 0.3) is 0 Å². The lowest BCUT2D eigenvalue weighted by molar-refractivity contribution is -0.345. The third-order valence-electron chi connectivity index (χ3n) is 27.6. The van der Waals surface area contributed by atoms with Crippen molar-refractivity contribution in [2.45, 2.75) is 287 Å². The van der Waals surface area contributed by atoms with E-state index in [1.54, 1.807) is 139 Å². The van der Waals surface area contributed by atoms with E-state index in [9.17, 15) is 58.8 Å². The predicted octanol–water partition coefficient (Wildman–Crippen LogP) is 9.62. The van der Waals surface area contributed by atoms with E-state index in [1.165, 1.54) is 38.4 Å². The van der Waals surface area contributed by atoms with Crippen molar-refractivity contribution in [3.8, 4) is 0 Å². The molecule has 123 heavy (non-hydrogen) atoms. The average Bonchev–Trinajstić information content (AvgIpc) is 1.66. The number of nitrogens with zero attached hydrogens (tertiary/aromatic N) is 3. The summed E-state index contributed by atoms with van der Waals surface area (Å²) in [6.45, 7) is 33.8. The molecule has 11 aliphatic rings. The van der Waals surface area contributed by atoms with Gasteiger partial charge in [-0.3, -0.25) is 24.5 Å². The zero-order valence-corrected chi connectivity index (χ0v) is 72.7. The molecule has 0 radical (unpaired) electrons. The molecular weight excluding hydrogens is 1590 g/mol. The van der Waals surface area contributed by atoms with Crippen LogP contribution in [0.3, 0.4) is 0 Å². The fraction of sp³-hybridized carbons (Fsp3) is 0.609. The number of aromatic nitrogens is 2. The number of amides is 2. The van der Waals surface area contributed by atoms with Gasteiger partial charge in [0.05, 0.1) is 59.8 Å². The zero-order chi connectivity index (χ0) is 88.9. The lowest BCUT2D eigenvalue weighted by Gasteiger charge is -2.68. The van der Waals surface area contributed by atoms with Gasteiger partial charge < -0.3 is 97.4 Å². The molecule has 31 nitrogen and oxygen atoms in total. The maximum absolute atomic E-state index is 14.5. The van der Waals surface area contributed by atoms with E-state index >= 15 is 0 Å². The van der Waals surface area contributed by atoms with Crippen molar-refractivity contribution >= 4 is 48.0 Å². The van der Waals surface area contributed by atoms with Gasteiger partial charge in [-0.15, -0.1) is 0 Å². The first-order chi connectivity index (χ1) is 57.8. The SMILES string of the molecule is C=C[C@@H]1O[C@@H]2C3=C(C)[C@@H](OC(=O)[C@H](O)[C@@H](NC(=O)OC(C)(C)C)c4ccccn4)C[C@@](O)([C@@H](OC(=O)c4ccccc4)[C@H]4[C@@](C)(CC[C@H]5OC[C@]54OC(C)=O)[C@@H]2O1)C3(C)C.CC(=O)O[C@@]12CO[C@@H]1CC[C@@]1(C)[C@@H]3O[C@H](CN4CCC4)O[C@@H]3C3=C(C)[C@@H](OC(=O)[C@H](O)[C@@H](NC(=O)OC(C)(C)C)c4ccccn4)C[C@@](O)([C@@H](OC(=O)c4ccccc4)[C@@H]12)C3(C)C. The highest BCUT2D eigenvalue weighted by atomic mass is 16.7. The van der Waals surface area contributed by atoms with Gasteiger partial charge in [0.15, 0.2) is 36.0 Å². The molecule has 4 aromatic rings. The zero-order valence-electron chi connectivity index (χ0n) is 72.7. The van der Waals surface area contributed by atoms with Crippen LogP contribution >= 0.6 is 0 Å². The molecule has 15 rings (SSSR count). The predicted molar refractivity (Wildman–Crippen MR) is 436 cm³/mol. The second-order valence-electron chi connectivity index (χ2n) is 38.2. The van der Waals surface area contributed by atoms with Gasteiger partial charge in [-0.1, -0.05) is 96.7 Å². The summed E-state index contributed by atoms with van der Waals surface area (Å²) < 4.78 is 88.9. The van der Waals surface area contributed by atoms with E-state index in [0.29, 0.717) is 54.5 Å². The standard InChI is InChI=1S/C47H61N3O13.C45H56N2O13/c1-26-30(58-41(54)35(52)34(29-17-12-13-20-48-29)49-42(55)63-43(3,4)5)23-47(56)39(61-40(53)28-15-10-9-11-16-28)37-45(8,19-18-31-46(37,25-57-31)62-27(2)51)38-36(33(26)44(47,6)7)59-32(60-38)24-50-21-14-22-50;1-10-30-56-34-31-24(2)28(55-39(51)33(49)32(27-18-14-15-21-46-27)47-40(52)60-41(4,5)6)22-45(53,42(31,7)8)37(58-38(50)26-16-12-11-13-17-26)35-43(9,36(34)57-30)20-19-29-44(35,23-54-29)59-25(3)48/h9-13,15-17,20,30-32,34-39,52,56H,14,18-19,21-25H2,1-8H3,(H,49,55);10-18,21,28-30,32-37,49,53H,1,19-20,22-23H2,2-9H3,(H,47,52)/t30-,31+,32+,34-,35+,36+,37-,38+,39-,45+,46-,47+;28-,29+,30+,32-,33+,34+,35-,36+,37-,43+,44-,45+/m00/s1. The van der Waals surface area contributed by atoms with Gasteiger partial charge in [0.25, 0.3) is 0 Å². The fourth-order valence-electron chi connectivity index (χ4n) is 21.6. The highest BCUT2D eigenvalue weighted by Crippen LogP contribution is 2.69. The Morgan fingerprint density at radius 2 is 0.959 bits per heavy atom. The third kappa shape index (κ3) is 16.4.